The van der Waals surface area contributed by atoms with Crippen LogP contribution in [0.3, 0.4) is 0 Å². The summed E-state index contributed by atoms with van der Waals surface area (Å²) in [4.78, 5) is 11.3. The Bertz CT molecular complexity index is 216. The predicted molar refractivity (Wildman–Crippen MR) is 39.2 cm³/mol. The van der Waals surface area contributed by atoms with Crippen molar-refractivity contribution in [2.24, 2.45) is 11.3 Å². The summed E-state index contributed by atoms with van der Waals surface area (Å²) in [5.74, 6) is -1.38. The molecular formula is C8H11F3O2. The molecule has 0 atom stereocenters. The zero-order valence-electron chi connectivity index (χ0n) is 7.44. The van der Waals surface area contributed by atoms with Crippen LogP contribution in [0.2, 0.25) is 0 Å². The summed E-state index contributed by atoms with van der Waals surface area (Å²) in [5, 5.41) is 0. The largest absolute Gasteiger partial charge is 0.405 e. The molecule has 1 saturated heterocycles. The van der Waals surface area contributed by atoms with Crippen molar-refractivity contribution in [1.29, 1.82) is 0 Å². The third kappa shape index (κ3) is 1.45. The molecule has 0 N–H and O–H groups in total. The standard InChI is InChI=1S/C8H11F3O2/c1-5(2)6(12)7(3-13-4-7)8(9,10)11/h5H,3-4H2,1-2H3. The Labute approximate surface area is 74.1 Å². The van der Waals surface area contributed by atoms with Crippen LogP contribution in [0.15, 0.2) is 0 Å². The summed E-state index contributed by atoms with van der Waals surface area (Å²) in [6.07, 6.45) is -4.48. The normalized spacial score (nSPS) is 21.4. The van der Waals surface area contributed by atoms with Gasteiger partial charge in [0.1, 0.15) is 0 Å². The Hall–Kier alpha value is -0.580. The van der Waals surface area contributed by atoms with E-state index < -0.39 is 36.5 Å². The molecule has 1 heterocycles. The van der Waals surface area contributed by atoms with Crippen LogP contribution in [-0.4, -0.2) is 25.2 Å². The molecule has 0 unspecified atom stereocenters. The summed E-state index contributed by atoms with van der Waals surface area (Å²) < 4.78 is 41.9. The molecule has 0 aliphatic carbocycles. The molecule has 0 spiro atoms. The summed E-state index contributed by atoms with van der Waals surface area (Å²) in [7, 11) is 0. The minimum absolute atomic E-state index is 0.520. The number of hydrogen-bond donors (Lipinski definition) is 0. The van der Waals surface area contributed by atoms with Gasteiger partial charge in [-0.15, -0.1) is 0 Å². The van der Waals surface area contributed by atoms with E-state index in [4.69, 9.17) is 0 Å². The van der Waals surface area contributed by atoms with Crippen LogP contribution in [0.4, 0.5) is 13.2 Å². The number of rotatable bonds is 2. The summed E-state index contributed by atoms with van der Waals surface area (Å²) in [5.41, 5.74) is -2.22. The van der Waals surface area contributed by atoms with Crippen LogP contribution >= 0.6 is 0 Å². The second-order valence-corrected chi connectivity index (χ2v) is 3.59. The van der Waals surface area contributed by atoms with Gasteiger partial charge in [-0.25, -0.2) is 0 Å². The Morgan fingerprint density at radius 1 is 1.38 bits per heavy atom. The number of hydrogen-bond acceptors (Lipinski definition) is 2. The van der Waals surface area contributed by atoms with Crippen molar-refractivity contribution in [3.63, 3.8) is 0 Å². The summed E-state index contributed by atoms with van der Waals surface area (Å²) in [6, 6.07) is 0. The van der Waals surface area contributed by atoms with Crippen LogP contribution in [0.25, 0.3) is 0 Å². The van der Waals surface area contributed by atoms with Crippen molar-refractivity contribution in [1.82, 2.24) is 0 Å². The molecule has 0 amide bonds. The van der Waals surface area contributed by atoms with Crippen molar-refractivity contribution >= 4 is 5.78 Å². The third-order valence-corrected chi connectivity index (χ3v) is 2.24. The smallest absolute Gasteiger partial charge is 0.378 e. The van der Waals surface area contributed by atoms with Gasteiger partial charge in [0, 0.05) is 5.92 Å². The lowest BCUT2D eigenvalue weighted by molar-refractivity contribution is -0.289. The highest BCUT2D eigenvalue weighted by Gasteiger charge is 2.64. The fourth-order valence-electron chi connectivity index (χ4n) is 1.30. The fourth-order valence-corrected chi connectivity index (χ4v) is 1.30. The van der Waals surface area contributed by atoms with Crippen molar-refractivity contribution in [3.8, 4) is 0 Å². The van der Waals surface area contributed by atoms with Crippen LogP contribution in [0.1, 0.15) is 13.8 Å². The lowest BCUT2D eigenvalue weighted by atomic mass is 9.76. The lowest BCUT2D eigenvalue weighted by Gasteiger charge is -2.42. The minimum atomic E-state index is -4.48. The molecule has 1 rings (SSSR count). The molecule has 5 heteroatoms. The van der Waals surface area contributed by atoms with Gasteiger partial charge in [0.25, 0.3) is 0 Å². The highest BCUT2D eigenvalue weighted by molar-refractivity contribution is 5.88. The number of carbonyl (C=O) groups excluding carboxylic acids is 1. The van der Waals surface area contributed by atoms with Gasteiger partial charge in [-0.05, 0) is 0 Å². The maximum atomic E-state index is 12.5. The summed E-state index contributed by atoms with van der Waals surface area (Å²) in [6.45, 7) is 1.89. The maximum absolute atomic E-state index is 12.5. The number of Topliss-reactive ketones (excluding diaryl/α,β-unsaturated/α-hetero) is 1. The molecular weight excluding hydrogens is 185 g/mol. The first-order valence-corrected chi connectivity index (χ1v) is 4.00. The van der Waals surface area contributed by atoms with Gasteiger partial charge in [-0.1, -0.05) is 13.8 Å². The van der Waals surface area contributed by atoms with E-state index in [1.165, 1.54) is 13.8 Å². The first-order valence-electron chi connectivity index (χ1n) is 4.00. The van der Waals surface area contributed by atoms with Gasteiger partial charge in [-0.2, -0.15) is 13.2 Å². The average Bonchev–Trinajstić information content (AvgIpc) is 1.80. The monoisotopic (exact) mass is 196 g/mol. The SMILES string of the molecule is CC(C)C(=O)C1(C(F)(F)F)COC1. The Morgan fingerprint density at radius 2 is 1.85 bits per heavy atom. The van der Waals surface area contributed by atoms with E-state index >= 15 is 0 Å². The molecule has 0 aromatic heterocycles. The van der Waals surface area contributed by atoms with E-state index in [1.54, 1.807) is 0 Å². The van der Waals surface area contributed by atoms with Gasteiger partial charge < -0.3 is 4.74 Å². The molecule has 1 aliphatic heterocycles. The number of alkyl halides is 3. The zero-order valence-corrected chi connectivity index (χ0v) is 7.44. The van der Waals surface area contributed by atoms with Crippen molar-refractivity contribution in [2.75, 3.05) is 13.2 Å². The van der Waals surface area contributed by atoms with Crippen LogP contribution in [-0.2, 0) is 9.53 Å². The quantitative estimate of drug-likeness (QED) is 0.673. The Kier molecular flexibility index (Phi) is 2.40. The van der Waals surface area contributed by atoms with Crippen molar-refractivity contribution < 1.29 is 22.7 Å². The van der Waals surface area contributed by atoms with Gasteiger partial charge in [0.15, 0.2) is 11.2 Å². The number of carbonyl (C=O) groups is 1. The highest BCUT2D eigenvalue weighted by Crippen LogP contribution is 2.46. The van der Waals surface area contributed by atoms with Gasteiger partial charge in [0.05, 0.1) is 13.2 Å². The molecule has 0 radical (unpaired) electrons. The van der Waals surface area contributed by atoms with E-state index in [0.29, 0.717) is 0 Å². The second kappa shape index (κ2) is 2.97. The minimum Gasteiger partial charge on any atom is -0.378 e. The molecule has 1 fully saturated rings. The first kappa shape index (κ1) is 10.5. The van der Waals surface area contributed by atoms with Crippen LogP contribution < -0.4 is 0 Å². The molecule has 1 aliphatic rings. The highest BCUT2D eigenvalue weighted by atomic mass is 19.4. The molecule has 0 aromatic carbocycles. The van der Waals surface area contributed by atoms with E-state index in [-0.39, 0.29) is 0 Å². The van der Waals surface area contributed by atoms with E-state index in [1.807, 2.05) is 0 Å². The maximum Gasteiger partial charge on any atom is 0.405 e. The summed E-state index contributed by atoms with van der Waals surface area (Å²) >= 11 is 0. The number of ketones is 1. The molecule has 13 heavy (non-hydrogen) atoms. The van der Waals surface area contributed by atoms with Gasteiger partial charge >= 0.3 is 6.18 Å². The second-order valence-electron chi connectivity index (χ2n) is 3.59. The average molecular weight is 196 g/mol. The van der Waals surface area contributed by atoms with Gasteiger partial charge in [-0.3, -0.25) is 4.79 Å². The molecule has 0 bridgehead atoms. The molecule has 0 saturated carbocycles. The van der Waals surface area contributed by atoms with Crippen molar-refractivity contribution in [3.05, 3.63) is 0 Å². The van der Waals surface area contributed by atoms with Crippen LogP contribution in [0, 0.1) is 11.3 Å². The fraction of sp³-hybridized carbons (Fsp3) is 0.875. The van der Waals surface area contributed by atoms with Crippen LogP contribution in [0.5, 0.6) is 0 Å². The predicted octanol–water partition coefficient (Wildman–Crippen LogP) is 1.79. The molecule has 0 aromatic rings. The number of ether oxygens (including phenoxy) is 1. The lowest BCUT2D eigenvalue weighted by Crippen LogP contribution is -2.60. The van der Waals surface area contributed by atoms with Gasteiger partial charge in [0.2, 0.25) is 0 Å². The van der Waals surface area contributed by atoms with E-state index in [9.17, 15) is 18.0 Å². The first-order chi connectivity index (χ1) is 5.81. The Morgan fingerprint density at radius 3 is 1.92 bits per heavy atom. The molecule has 76 valence electrons. The topological polar surface area (TPSA) is 26.3 Å². The van der Waals surface area contributed by atoms with Crippen molar-refractivity contribution in [2.45, 2.75) is 20.0 Å². The zero-order chi connectivity index (χ0) is 10.3. The number of halogens is 3. The Balaban J connectivity index is 2.89. The van der Waals surface area contributed by atoms with E-state index in [2.05, 4.69) is 4.74 Å². The molecule has 2 nitrogen and oxygen atoms in total. The van der Waals surface area contributed by atoms with E-state index in [0.717, 1.165) is 0 Å². The third-order valence-electron chi connectivity index (χ3n) is 2.24.